The zero-order valence-corrected chi connectivity index (χ0v) is 13.0. The molecular weight excluding hydrogens is 240 g/mol. The van der Waals surface area contributed by atoms with Crippen LogP contribution in [0.25, 0.3) is 0 Å². The normalized spacial score (nSPS) is 28.3. The highest BCUT2D eigenvalue weighted by molar-refractivity contribution is 5.74. The highest BCUT2D eigenvalue weighted by atomic mass is 16.5. The van der Waals surface area contributed by atoms with E-state index in [4.69, 9.17) is 4.74 Å². The van der Waals surface area contributed by atoms with Gasteiger partial charge in [-0.2, -0.15) is 0 Å². The fraction of sp³-hybridized carbons (Fsp3) is 0.938. The Balaban J connectivity index is 2.51. The van der Waals surface area contributed by atoms with Crippen molar-refractivity contribution in [3.05, 3.63) is 0 Å². The molecule has 0 unspecified atom stereocenters. The van der Waals surface area contributed by atoms with Crippen LogP contribution in [0.5, 0.6) is 0 Å². The van der Waals surface area contributed by atoms with E-state index in [0.717, 1.165) is 31.6 Å². The molecule has 0 spiro atoms. The lowest BCUT2D eigenvalue weighted by Crippen LogP contribution is -2.37. The van der Waals surface area contributed by atoms with Crippen LogP contribution in [0.15, 0.2) is 0 Å². The van der Waals surface area contributed by atoms with Crippen LogP contribution in [0.4, 0.5) is 0 Å². The summed E-state index contributed by atoms with van der Waals surface area (Å²) in [5.74, 6) is 0.112. The third-order valence-electron chi connectivity index (χ3n) is 4.33. The Morgan fingerprint density at radius 1 is 1.32 bits per heavy atom. The lowest BCUT2D eigenvalue weighted by Gasteiger charge is -2.37. The largest absolute Gasteiger partial charge is 0.481 e. The van der Waals surface area contributed by atoms with E-state index < -0.39 is 11.4 Å². The number of carboxylic acids is 1. The predicted molar refractivity (Wildman–Crippen MR) is 77.3 cm³/mol. The van der Waals surface area contributed by atoms with Crippen molar-refractivity contribution in [1.29, 1.82) is 0 Å². The number of hydrogen-bond acceptors (Lipinski definition) is 2. The molecule has 3 nitrogen and oxygen atoms in total. The second-order valence-electron chi connectivity index (χ2n) is 7.03. The molecule has 0 aromatic carbocycles. The smallest absolute Gasteiger partial charge is 0.309 e. The van der Waals surface area contributed by atoms with Gasteiger partial charge in [-0.25, -0.2) is 0 Å². The Morgan fingerprint density at radius 3 is 2.32 bits per heavy atom. The molecule has 1 saturated carbocycles. The van der Waals surface area contributed by atoms with Crippen molar-refractivity contribution < 1.29 is 14.6 Å². The van der Waals surface area contributed by atoms with Gasteiger partial charge in [0.15, 0.2) is 0 Å². The molecule has 112 valence electrons. The molecule has 0 amide bonds. The summed E-state index contributed by atoms with van der Waals surface area (Å²) in [6, 6.07) is 0. The molecule has 0 radical (unpaired) electrons. The summed E-state index contributed by atoms with van der Waals surface area (Å²) in [6.07, 6.45) is 6.87. The Labute approximate surface area is 117 Å². The van der Waals surface area contributed by atoms with Gasteiger partial charge in [0.25, 0.3) is 0 Å². The zero-order chi connectivity index (χ0) is 14.5. The fourth-order valence-corrected chi connectivity index (χ4v) is 3.05. The van der Waals surface area contributed by atoms with Gasteiger partial charge in [0, 0.05) is 6.61 Å². The van der Waals surface area contributed by atoms with E-state index in [1.807, 2.05) is 20.8 Å². The average Bonchev–Trinajstić information content (AvgIpc) is 2.30. The van der Waals surface area contributed by atoms with E-state index in [2.05, 4.69) is 6.92 Å². The molecule has 0 aromatic heterocycles. The van der Waals surface area contributed by atoms with Gasteiger partial charge in [0.1, 0.15) is 0 Å². The van der Waals surface area contributed by atoms with Crippen molar-refractivity contribution in [1.82, 2.24) is 0 Å². The topological polar surface area (TPSA) is 46.5 Å². The lowest BCUT2D eigenvalue weighted by atomic mass is 9.68. The van der Waals surface area contributed by atoms with Crippen molar-refractivity contribution in [2.24, 2.45) is 11.3 Å². The first-order valence-corrected chi connectivity index (χ1v) is 7.66. The molecule has 0 aliphatic heterocycles. The summed E-state index contributed by atoms with van der Waals surface area (Å²) >= 11 is 0. The van der Waals surface area contributed by atoms with Crippen molar-refractivity contribution >= 4 is 5.97 Å². The first kappa shape index (κ1) is 16.5. The first-order chi connectivity index (χ1) is 8.79. The third kappa shape index (κ3) is 5.13. The molecule has 1 aliphatic carbocycles. The second kappa shape index (κ2) is 6.74. The predicted octanol–water partition coefficient (Wildman–Crippen LogP) is 4.25. The molecule has 1 fully saturated rings. The summed E-state index contributed by atoms with van der Waals surface area (Å²) < 4.78 is 5.72. The molecular formula is C16H30O3. The maximum absolute atomic E-state index is 11.6. The number of rotatable bonds is 6. The monoisotopic (exact) mass is 270 g/mol. The van der Waals surface area contributed by atoms with Crippen LogP contribution in [-0.2, 0) is 9.53 Å². The minimum atomic E-state index is -0.625. The molecule has 0 aromatic rings. The molecule has 0 bridgehead atoms. The number of ether oxygens (including phenoxy) is 1. The van der Waals surface area contributed by atoms with E-state index in [-0.39, 0.29) is 5.60 Å². The first-order valence-electron chi connectivity index (χ1n) is 7.66. The Bertz CT molecular complexity index is 283. The van der Waals surface area contributed by atoms with Gasteiger partial charge in [-0.3, -0.25) is 4.79 Å². The number of hydrogen-bond donors (Lipinski definition) is 1. The van der Waals surface area contributed by atoms with Crippen LogP contribution in [-0.4, -0.2) is 23.3 Å². The van der Waals surface area contributed by atoms with Gasteiger partial charge < -0.3 is 9.84 Å². The lowest BCUT2D eigenvalue weighted by molar-refractivity contribution is -0.154. The SMILES string of the molecule is CCCC1CCC(CCOC(C)(C)C)(C(=O)O)CC1. The Kier molecular flexibility index (Phi) is 5.84. The van der Waals surface area contributed by atoms with Crippen molar-refractivity contribution in [2.75, 3.05) is 6.61 Å². The van der Waals surface area contributed by atoms with Gasteiger partial charge in [0.05, 0.1) is 11.0 Å². The van der Waals surface area contributed by atoms with Crippen LogP contribution in [0.1, 0.15) is 72.6 Å². The van der Waals surface area contributed by atoms with Gasteiger partial charge in [-0.15, -0.1) is 0 Å². The summed E-state index contributed by atoms with van der Waals surface area (Å²) in [7, 11) is 0. The summed E-state index contributed by atoms with van der Waals surface area (Å²) in [5, 5.41) is 9.58. The van der Waals surface area contributed by atoms with Crippen LogP contribution < -0.4 is 0 Å². The average molecular weight is 270 g/mol. The molecule has 1 rings (SSSR count). The van der Waals surface area contributed by atoms with Gasteiger partial charge in [-0.05, 0) is 58.8 Å². The van der Waals surface area contributed by atoms with E-state index in [0.29, 0.717) is 13.0 Å². The summed E-state index contributed by atoms with van der Waals surface area (Å²) in [6.45, 7) is 8.79. The summed E-state index contributed by atoms with van der Waals surface area (Å²) in [5.41, 5.74) is -0.714. The van der Waals surface area contributed by atoms with Crippen LogP contribution in [0.2, 0.25) is 0 Å². The molecule has 0 saturated heterocycles. The van der Waals surface area contributed by atoms with Gasteiger partial charge in [0.2, 0.25) is 0 Å². The second-order valence-corrected chi connectivity index (χ2v) is 7.03. The number of carboxylic acid groups (broad SMARTS) is 1. The fourth-order valence-electron chi connectivity index (χ4n) is 3.05. The van der Waals surface area contributed by atoms with Crippen LogP contribution >= 0.6 is 0 Å². The van der Waals surface area contributed by atoms with E-state index in [9.17, 15) is 9.90 Å². The minimum absolute atomic E-state index is 0.181. The van der Waals surface area contributed by atoms with E-state index in [1.54, 1.807) is 0 Å². The van der Waals surface area contributed by atoms with Crippen molar-refractivity contribution in [3.63, 3.8) is 0 Å². The van der Waals surface area contributed by atoms with Crippen LogP contribution in [0, 0.1) is 11.3 Å². The van der Waals surface area contributed by atoms with E-state index >= 15 is 0 Å². The van der Waals surface area contributed by atoms with E-state index in [1.165, 1.54) is 12.8 Å². The molecule has 3 heteroatoms. The molecule has 1 N–H and O–H groups in total. The highest BCUT2D eigenvalue weighted by Crippen LogP contribution is 2.43. The van der Waals surface area contributed by atoms with Crippen molar-refractivity contribution in [2.45, 2.75) is 78.2 Å². The van der Waals surface area contributed by atoms with Gasteiger partial charge >= 0.3 is 5.97 Å². The standard InChI is InChI=1S/C16H30O3/c1-5-6-13-7-9-16(10-8-13,14(17)18)11-12-19-15(2,3)4/h13H,5-12H2,1-4H3,(H,17,18). The molecule has 0 heterocycles. The number of aliphatic carboxylic acids is 1. The number of carbonyl (C=O) groups is 1. The Morgan fingerprint density at radius 2 is 1.89 bits per heavy atom. The maximum atomic E-state index is 11.6. The van der Waals surface area contributed by atoms with Crippen LogP contribution in [0.3, 0.4) is 0 Å². The quantitative estimate of drug-likeness (QED) is 0.784. The third-order valence-corrected chi connectivity index (χ3v) is 4.33. The zero-order valence-electron chi connectivity index (χ0n) is 13.0. The molecule has 0 atom stereocenters. The molecule has 19 heavy (non-hydrogen) atoms. The molecule has 1 aliphatic rings. The van der Waals surface area contributed by atoms with Gasteiger partial charge in [-0.1, -0.05) is 19.8 Å². The Hall–Kier alpha value is -0.570. The van der Waals surface area contributed by atoms with Crippen molar-refractivity contribution in [3.8, 4) is 0 Å². The maximum Gasteiger partial charge on any atom is 0.309 e. The highest BCUT2D eigenvalue weighted by Gasteiger charge is 2.41. The minimum Gasteiger partial charge on any atom is -0.481 e. The summed E-state index contributed by atoms with van der Waals surface area (Å²) in [4.78, 5) is 11.6.